The van der Waals surface area contributed by atoms with Gasteiger partial charge in [0.15, 0.2) is 11.8 Å². The summed E-state index contributed by atoms with van der Waals surface area (Å²) in [6.45, 7) is -6.79. The SMILES string of the molecule is C[C@@]1(O)[C@H](O)[C@@](CF)(CO[P@](O)(=S)OP(=O)(O)OP(=O)(O)O)O[C@H]1n1ccc(=O)[nH]c1=O. The highest BCUT2D eigenvalue weighted by Gasteiger charge is 2.62. The van der Waals surface area contributed by atoms with Crippen LogP contribution in [0.15, 0.2) is 21.9 Å². The second-order valence-corrected chi connectivity index (χ2v) is 12.5. The summed E-state index contributed by atoms with van der Waals surface area (Å²) < 4.78 is 54.2. The molecule has 1 unspecified atom stereocenters. The van der Waals surface area contributed by atoms with Crippen molar-refractivity contribution in [2.24, 2.45) is 0 Å². The molecule has 0 saturated carbocycles. The fraction of sp³-hybridized carbons (Fsp3) is 0.636. The minimum Gasteiger partial charge on any atom is -0.387 e. The summed E-state index contributed by atoms with van der Waals surface area (Å²) in [7, 11) is -11.2. The number of alkyl halides is 1. The van der Waals surface area contributed by atoms with Gasteiger partial charge in [-0.15, -0.1) is 0 Å². The van der Waals surface area contributed by atoms with Gasteiger partial charge in [-0.05, 0) is 18.7 Å². The van der Waals surface area contributed by atoms with Crippen molar-refractivity contribution in [1.29, 1.82) is 0 Å². The Morgan fingerprint density at radius 1 is 1.28 bits per heavy atom. The van der Waals surface area contributed by atoms with E-state index < -0.39 is 70.4 Å². The van der Waals surface area contributed by atoms with Crippen LogP contribution in [0.1, 0.15) is 13.2 Å². The highest BCUT2D eigenvalue weighted by Crippen LogP contribution is 2.66. The fourth-order valence-corrected chi connectivity index (χ4v) is 6.77. The van der Waals surface area contributed by atoms with E-state index in [0.29, 0.717) is 4.57 Å². The van der Waals surface area contributed by atoms with E-state index in [2.05, 4.69) is 25.0 Å². The molecule has 21 heteroatoms. The van der Waals surface area contributed by atoms with Gasteiger partial charge >= 0.3 is 28.1 Å². The van der Waals surface area contributed by atoms with E-state index >= 15 is 0 Å². The Morgan fingerprint density at radius 3 is 2.38 bits per heavy atom. The molecule has 2 rings (SSSR count). The molecule has 2 heterocycles. The number of hydrogen-bond acceptors (Lipinski definition) is 11. The van der Waals surface area contributed by atoms with E-state index in [-0.39, 0.29) is 0 Å². The van der Waals surface area contributed by atoms with Gasteiger partial charge in [-0.2, -0.15) is 4.31 Å². The Hall–Kier alpha value is -0.680. The highest BCUT2D eigenvalue weighted by molar-refractivity contribution is 8.08. The second kappa shape index (κ2) is 9.17. The van der Waals surface area contributed by atoms with Crippen LogP contribution >= 0.6 is 22.4 Å². The summed E-state index contributed by atoms with van der Waals surface area (Å²) in [6, 6.07) is 0.875. The standard InChI is InChI=1S/C11H18FN2O14P3S/c1-10(18)7(16)11(4-12,26-8(10)14-3-2-6(15)13-9(14)17)5-25-31(24,32)28-30(22,23)27-29(19,20)21/h2-3,7-8,16,18H,4-5H2,1H3,(H,22,23)(H,24,32)(H,13,15,17)(H2,19,20,21)/t7-,8+,10+,11+,31-/m0/s1. The molecule has 0 amide bonds. The van der Waals surface area contributed by atoms with Crippen LogP contribution in [0.5, 0.6) is 0 Å². The molecule has 1 aliphatic heterocycles. The van der Waals surface area contributed by atoms with Crippen LogP contribution in [-0.2, 0) is 38.8 Å². The van der Waals surface area contributed by atoms with Crippen molar-refractivity contribution in [2.45, 2.75) is 30.5 Å². The van der Waals surface area contributed by atoms with E-state index in [1.807, 2.05) is 4.98 Å². The number of phosphoric acid groups is 2. The third kappa shape index (κ3) is 6.25. The van der Waals surface area contributed by atoms with Crippen molar-refractivity contribution in [3.8, 4) is 0 Å². The maximum atomic E-state index is 13.9. The maximum absolute atomic E-state index is 13.9. The molecule has 1 saturated heterocycles. The summed E-state index contributed by atoms with van der Waals surface area (Å²) >= 11 is 4.41. The van der Waals surface area contributed by atoms with Gasteiger partial charge in [0.1, 0.15) is 18.4 Å². The molecule has 1 fully saturated rings. The monoisotopic (exact) mass is 546 g/mol. The first-order chi connectivity index (χ1) is 14.3. The largest absolute Gasteiger partial charge is 0.488 e. The molecular formula is C11H18FN2O14P3S. The van der Waals surface area contributed by atoms with Crippen molar-refractivity contribution >= 4 is 34.2 Å². The fourth-order valence-electron chi connectivity index (χ4n) is 2.77. The third-order valence-corrected chi connectivity index (χ3v) is 8.82. The van der Waals surface area contributed by atoms with Gasteiger partial charge in [0, 0.05) is 12.3 Å². The number of H-pyrrole nitrogens is 1. The van der Waals surface area contributed by atoms with Crippen LogP contribution in [0.2, 0.25) is 0 Å². The van der Waals surface area contributed by atoms with Gasteiger partial charge in [0.25, 0.3) is 5.56 Å². The maximum Gasteiger partial charge on any atom is 0.488 e. The molecule has 184 valence electrons. The molecular weight excluding hydrogens is 528 g/mol. The van der Waals surface area contributed by atoms with Crippen LogP contribution < -0.4 is 11.2 Å². The molecule has 1 aliphatic rings. The van der Waals surface area contributed by atoms with Crippen LogP contribution in [-0.4, -0.2) is 69.9 Å². The first-order valence-corrected chi connectivity index (χ1v) is 13.7. The van der Waals surface area contributed by atoms with Gasteiger partial charge in [-0.3, -0.25) is 14.3 Å². The third-order valence-electron chi connectivity index (χ3n) is 4.12. The number of aliphatic hydroxyl groups is 2. The summed E-state index contributed by atoms with van der Waals surface area (Å²) in [4.78, 5) is 61.4. The zero-order valence-electron chi connectivity index (χ0n) is 15.7. The molecule has 32 heavy (non-hydrogen) atoms. The summed E-state index contributed by atoms with van der Waals surface area (Å²) in [5, 5.41) is 21.1. The lowest BCUT2D eigenvalue weighted by Crippen LogP contribution is -2.53. The lowest BCUT2D eigenvalue weighted by Gasteiger charge is -2.31. The van der Waals surface area contributed by atoms with Crippen LogP contribution in [0.25, 0.3) is 0 Å². The Morgan fingerprint density at radius 2 is 1.88 bits per heavy atom. The predicted molar refractivity (Wildman–Crippen MR) is 103 cm³/mol. The molecule has 7 N–H and O–H groups in total. The molecule has 0 spiro atoms. The quantitative estimate of drug-likeness (QED) is 0.171. The molecule has 1 aromatic rings. The van der Waals surface area contributed by atoms with E-state index in [1.165, 1.54) is 0 Å². The normalized spacial score (nSPS) is 32.4. The van der Waals surface area contributed by atoms with Crippen LogP contribution in [0.4, 0.5) is 4.39 Å². The molecule has 0 aromatic carbocycles. The summed E-state index contributed by atoms with van der Waals surface area (Å²) in [5.41, 5.74) is -6.79. The van der Waals surface area contributed by atoms with E-state index in [0.717, 1.165) is 19.2 Å². The van der Waals surface area contributed by atoms with Gasteiger partial charge in [0.05, 0.1) is 6.61 Å². The first-order valence-electron chi connectivity index (χ1n) is 8.08. The topological polar surface area (TPSA) is 247 Å². The lowest BCUT2D eigenvalue weighted by atomic mass is 9.88. The van der Waals surface area contributed by atoms with Crippen molar-refractivity contribution in [3.05, 3.63) is 33.1 Å². The Labute approximate surface area is 182 Å². The minimum atomic E-state index is -5.66. The summed E-state index contributed by atoms with van der Waals surface area (Å²) in [6.07, 6.45) is -3.06. The number of rotatable bonds is 9. The zero-order chi connectivity index (χ0) is 24.8. The minimum absolute atomic E-state index is 0.628. The second-order valence-electron chi connectivity index (χ2n) is 6.68. The number of hydrogen-bond donors (Lipinski definition) is 7. The molecule has 1 aromatic heterocycles. The van der Waals surface area contributed by atoms with Crippen LogP contribution in [0.3, 0.4) is 0 Å². The average Bonchev–Trinajstić information content (AvgIpc) is 2.78. The van der Waals surface area contributed by atoms with E-state index in [1.54, 1.807) is 0 Å². The molecule has 16 nitrogen and oxygen atoms in total. The van der Waals surface area contributed by atoms with Crippen molar-refractivity contribution in [2.75, 3.05) is 13.3 Å². The Bertz CT molecular complexity index is 1120. The van der Waals surface area contributed by atoms with Crippen LogP contribution in [0, 0.1) is 0 Å². The number of halogens is 1. The smallest absolute Gasteiger partial charge is 0.387 e. The van der Waals surface area contributed by atoms with Gasteiger partial charge in [0.2, 0.25) is 0 Å². The van der Waals surface area contributed by atoms with Gasteiger partial charge in [-0.25, -0.2) is 22.6 Å². The van der Waals surface area contributed by atoms with Gasteiger partial charge in [-0.1, -0.05) is 0 Å². The number of aromatic amines is 1. The lowest BCUT2D eigenvalue weighted by molar-refractivity contribution is -0.136. The number of nitrogens with zero attached hydrogens (tertiary/aromatic N) is 1. The van der Waals surface area contributed by atoms with Crippen molar-refractivity contribution in [1.82, 2.24) is 9.55 Å². The number of aromatic nitrogens is 2. The number of aliphatic hydroxyl groups excluding tert-OH is 1. The zero-order valence-corrected chi connectivity index (χ0v) is 19.2. The van der Waals surface area contributed by atoms with E-state index in [4.69, 9.17) is 14.5 Å². The number of ether oxygens (including phenoxy) is 1. The number of nitrogens with one attached hydrogen (secondary N) is 1. The Balaban J connectivity index is 2.28. The Kier molecular flexibility index (Phi) is 7.90. The van der Waals surface area contributed by atoms with Crippen molar-refractivity contribution < 1.29 is 61.2 Å². The van der Waals surface area contributed by atoms with Crippen molar-refractivity contribution in [3.63, 3.8) is 0 Å². The van der Waals surface area contributed by atoms with E-state index in [9.17, 15) is 43.1 Å². The molecule has 0 radical (unpaired) electrons. The highest BCUT2D eigenvalue weighted by atomic mass is 32.5. The average molecular weight is 546 g/mol. The molecule has 0 aliphatic carbocycles. The van der Waals surface area contributed by atoms with Gasteiger partial charge < -0.3 is 39.0 Å². The first kappa shape index (κ1) is 27.6. The predicted octanol–water partition coefficient (Wildman–Crippen LogP) is -1.65. The molecule has 6 atom stereocenters. The molecule has 0 bridgehead atoms. The summed E-state index contributed by atoms with van der Waals surface area (Å²) in [5.74, 6) is 0.